The number of esters is 1. The molecule has 2 unspecified atom stereocenters. The molecule has 0 aliphatic heterocycles. The third-order valence-electron chi connectivity index (χ3n) is 19.2. The number of fused-ring (bicyclic) bond motifs is 10. The minimum Gasteiger partial charge on any atom is -0.458 e. The summed E-state index contributed by atoms with van der Waals surface area (Å²) < 4.78 is 11.0. The van der Waals surface area contributed by atoms with Gasteiger partial charge in [-0.25, -0.2) is 4.79 Å². The van der Waals surface area contributed by atoms with Crippen molar-refractivity contribution in [2.75, 3.05) is 61.2 Å². The molecule has 394 valence electrons. The third-order valence-corrected chi connectivity index (χ3v) is 19.9. The summed E-state index contributed by atoms with van der Waals surface area (Å²) in [6, 6.07) is 14.3. The van der Waals surface area contributed by atoms with Crippen LogP contribution in [0.1, 0.15) is 127 Å². The van der Waals surface area contributed by atoms with Gasteiger partial charge < -0.3 is 29.5 Å². The number of anilines is 1. The van der Waals surface area contributed by atoms with Crippen LogP contribution in [0.5, 0.6) is 5.75 Å². The molecule has 10 nitrogen and oxygen atoms in total. The number of aryl methyl sites for hydroxylation is 2. The number of benzene rings is 2. The quantitative estimate of drug-likeness (QED) is 0.117. The van der Waals surface area contributed by atoms with E-state index in [1.54, 1.807) is 11.0 Å². The van der Waals surface area contributed by atoms with E-state index in [9.17, 15) is 29.4 Å². The van der Waals surface area contributed by atoms with Gasteiger partial charge in [0.05, 0.1) is 6.10 Å². The molecule has 1 amide bonds. The second kappa shape index (κ2) is 23.4. The van der Waals surface area contributed by atoms with Gasteiger partial charge in [0, 0.05) is 72.6 Å². The van der Waals surface area contributed by atoms with E-state index >= 15 is 0 Å². The highest BCUT2D eigenvalue weighted by Gasteiger charge is 2.66. The maximum absolute atomic E-state index is 13.5. The molecule has 2 aromatic rings. The molecule has 72 heavy (non-hydrogen) atoms. The van der Waals surface area contributed by atoms with E-state index in [1.807, 2.05) is 30.3 Å². The Bertz CT molecular complexity index is 2330. The molecule has 0 radical (unpaired) electrons. The van der Waals surface area contributed by atoms with Gasteiger partial charge in [0.2, 0.25) is 5.78 Å². The number of carbonyl (C=O) groups excluding carboxylic acids is 4. The Morgan fingerprint density at radius 1 is 0.764 bits per heavy atom. The Kier molecular flexibility index (Phi) is 17.9. The second-order valence-corrected chi connectivity index (χ2v) is 24.1. The maximum atomic E-state index is 13.5. The summed E-state index contributed by atoms with van der Waals surface area (Å²) in [5.74, 6) is 4.52. The number of hydrogen-bond donors (Lipinski definition) is 2. The summed E-state index contributed by atoms with van der Waals surface area (Å²) in [6.45, 7) is 8.55. The summed E-state index contributed by atoms with van der Waals surface area (Å²) in [7, 11) is 0. The van der Waals surface area contributed by atoms with E-state index in [1.165, 1.54) is 16.7 Å². The van der Waals surface area contributed by atoms with Crippen molar-refractivity contribution in [1.82, 2.24) is 4.90 Å². The molecule has 5 fully saturated rings. The SMILES string of the molecule is C[C@@]12C=CC(=O)C=C1CC[C@H]1[C@H]2CC[C@]2(C)[C@@H]1CC[C@@]2(O)C(=O)COC(=O)CCCc1ccc(N(CCCl)CCCl)cc1.C[C@@]12CCC3c4ccc(OC(=O)N(CCCl)CCCl)cc4CC[C@@H]3C1CC[C@H]2O. The summed E-state index contributed by atoms with van der Waals surface area (Å²) in [5, 5.41) is 22.4. The van der Waals surface area contributed by atoms with E-state index in [-0.39, 0.29) is 47.4 Å². The Labute approximate surface area is 447 Å². The lowest BCUT2D eigenvalue weighted by molar-refractivity contribution is -0.169. The van der Waals surface area contributed by atoms with E-state index in [0.717, 1.165) is 101 Å². The molecule has 14 heteroatoms. The molecular formula is C58H76Cl4N2O8. The van der Waals surface area contributed by atoms with E-state index < -0.39 is 23.1 Å². The van der Waals surface area contributed by atoms with Crippen molar-refractivity contribution in [3.8, 4) is 5.75 Å². The van der Waals surface area contributed by atoms with Gasteiger partial charge in [-0.3, -0.25) is 14.4 Å². The number of ketones is 2. The molecule has 11 atom stereocenters. The van der Waals surface area contributed by atoms with Crippen molar-refractivity contribution in [2.45, 2.75) is 135 Å². The second-order valence-electron chi connectivity index (χ2n) is 22.6. The first kappa shape index (κ1) is 55.1. The van der Waals surface area contributed by atoms with Gasteiger partial charge in [0.15, 0.2) is 12.4 Å². The third kappa shape index (κ3) is 10.9. The number of allylic oxidation sites excluding steroid dienone is 4. The van der Waals surface area contributed by atoms with Crippen LogP contribution in [0.3, 0.4) is 0 Å². The number of halogens is 4. The fraction of sp³-hybridized carbons (Fsp3) is 0.655. The van der Waals surface area contributed by atoms with Crippen molar-refractivity contribution in [2.24, 2.45) is 45.8 Å². The molecule has 7 aliphatic rings. The first-order valence-electron chi connectivity index (χ1n) is 26.7. The Morgan fingerprint density at radius 2 is 1.46 bits per heavy atom. The zero-order valence-electron chi connectivity index (χ0n) is 42.5. The van der Waals surface area contributed by atoms with Crippen molar-refractivity contribution in [1.29, 1.82) is 0 Å². The van der Waals surface area contributed by atoms with Gasteiger partial charge in [0.25, 0.3) is 0 Å². The van der Waals surface area contributed by atoms with Crippen LogP contribution in [-0.2, 0) is 32.0 Å². The van der Waals surface area contributed by atoms with Gasteiger partial charge in [0.1, 0.15) is 11.4 Å². The Morgan fingerprint density at radius 3 is 2.17 bits per heavy atom. The minimum atomic E-state index is -1.49. The number of hydrogen-bond acceptors (Lipinski definition) is 9. The standard InChI is InChI=1S/C35H45Cl2NO5.C23H31Cl2NO3/c1-33-15-12-27(39)22-25(33)8-11-28-29(33)13-16-34(2)30(28)14-17-35(34,42)31(40)23-43-32(41)5-3-4-24-6-9-26(10-7-24)38(20-18-36)21-19-37;1-23-9-8-18-17-5-3-16(29-22(28)26(12-10-24)13-11-25)14-15(17)2-4-19(18)20(23)6-7-21(23)27/h6-7,9-10,12,15,22,28-30,42H,3-5,8,11,13-14,16-21,23H2,1-2H3;3,5,14,18-21,27H,2,4,6-13H2,1H3/t28-,29+,30+,33+,34+,35+;18?,19-,20?,21+,23+/m00/s1. The van der Waals surface area contributed by atoms with Crippen LogP contribution < -0.4 is 9.64 Å². The lowest BCUT2D eigenvalue weighted by atomic mass is 9.47. The Balaban J connectivity index is 0.000000208. The molecule has 9 rings (SSSR count). The largest absolute Gasteiger partial charge is 0.458 e. The van der Waals surface area contributed by atoms with Crippen LogP contribution in [0.2, 0.25) is 0 Å². The molecule has 0 spiro atoms. The molecule has 2 N–H and O–H groups in total. The average molecular weight is 1070 g/mol. The molecule has 0 saturated heterocycles. The van der Waals surface area contributed by atoms with Gasteiger partial charge in [-0.1, -0.05) is 50.6 Å². The molecule has 7 aliphatic carbocycles. The van der Waals surface area contributed by atoms with Crippen molar-refractivity contribution in [3.05, 3.63) is 83.0 Å². The summed E-state index contributed by atoms with van der Waals surface area (Å²) in [4.78, 5) is 54.2. The summed E-state index contributed by atoms with van der Waals surface area (Å²) >= 11 is 23.4. The highest BCUT2D eigenvalue weighted by molar-refractivity contribution is 6.19. The van der Waals surface area contributed by atoms with Crippen LogP contribution >= 0.6 is 46.4 Å². The fourth-order valence-electron chi connectivity index (χ4n) is 15.2. The van der Waals surface area contributed by atoms with Crippen LogP contribution in [0, 0.1) is 45.8 Å². The number of amides is 1. The van der Waals surface area contributed by atoms with Gasteiger partial charge in [-0.05, 0) is 184 Å². The first-order valence-corrected chi connectivity index (χ1v) is 28.9. The number of rotatable bonds is 17. The number of carbonyl (C=O) groups is 4. The van der Waals surface area contributed by atoms with Crippen LogP contribution in [0.4, 0.5) is 10.5 Å². The van der Waals surface area contributed by atoms with E-state index in [4.69, 9.17) is 55.9 Å². The van der Waals surface area contributed by atoms with E-state index in [2.05, 4.69) is 49.9 Å². The van der Waals surface area contributed by atoms with Crippen molar-refractivity contribution >= 4 is 75.7 Å². The number of Topliss-reactive ketones (excluding diaryl/α,β-unsaturated/α-hetero) is 1. The number of ether oxygens (including phenoxy) is 2. The summed E-state index contributed by atoms with van der Waals surface area (Å²) in [5.41, 5.74) is 4.08. The Hall–Kier alpha value is -3.12. The average Bonchev–Trinajstić information content (AvgIpc) is 3.84. The van der Waals surface area contributed by atoms with Crippen LogP contribution in [-0.4, -0.2) is 107 Å². The molecule has 0 heterocycles. The number of aliphatic hydroxyl groups excluding tert-OH is 1. The summed E-state index contributed by atoms with van der Waals surface area (Å²) in [6.07, 6.45) is 17.9. The molecule has 2 aromatic carbocycles. The van der Waals surface area contributed by atoms with Crippen molar-refractivity contribution < 1.29 is 38.9 Å². The number of nitrogens with zero attached hydrogens (tertiary/aromatic N) is 2. The molecule has 0 aromatic heterocycles. The zero-order chi connectivity index (χ0) is 51.4. The van der Waals surface area contributed by atoms with Gasteiger partial charge in [-0.15, -0.1) is 46.4 Å². The first-order chi connectivity index (χ1) is 34.5. The van der Waals surface area contributed by atoms with Crippen molar-refractivity contribution in [3.63, 3.8) is 0 Å². The minimum absolute atomic E-state index is 0.0735. The van der Waals surface area contributed by atoms with Gasteiger partial charge >= 0.3 is 12.1 Å². The molecular weight excluding hydrogens is 994 g/mol. The lowest BCUT2D eigenvalue weighted by Gasteiger charge is -2.57. The molecule has 0 bridgehead atoms. The highest BCUT2D eigenvalue weighted by atomic mass is 35.5. The lowest BCUT2D eigenvalue weighted by Crippen LogP contribution is -2.58. The monoisotopic (exact) mass is 1070 g/mol. The maximum Gasteiger partial charge on any atom is 0.415 e. The van der Waals surface area contributed by atoms with Gasteiger partial charge in [-0.2, -0.15) is 0 Å². The predicted octanol–water partition coefficient (Wildman–Crippen LogP) is 11.6. The van der Waals surface area contributed by atoms with E-state index in [0.29, 0.717) is 84.8 Å². The predicted molar refractivity (Wildman–Crippen MR) is 287 cm³/mol. The van der Waals surface area contributed by atoms with Crippen LogP contribution in [0.25, 0.3) is 0 Å². The topological polar surface area (TPSA) is 134 Å². The normalized spacial score (nSPS) is 32.8. The zero-order valence-corrected chi connectivity index (χ0v) is 45.6. The number of alkyl halides is 4. The number of aliphatic hydroxyl groups is 2. The smallest absolute Gasteiger partial charge is 0.415 e. The highest BCUT2D eigenvalue weighted by Crippen LogP contribution is 2.67. The molecule has 5 saturated carbocycles. The fourth-order valence-corrected chi connectivity index (χ4v) is 16.0. The van der Waals surface area contributed by atoms with Crippen LogP contribution in [0.15, 0.2) is 66.3 Å².